The predicted octanol–water partition coefficient (Wildman–Crippen LogP) is 3.44. The minimum atomic E-state index is -0.318. The summed E-state index contributed by atoms with van der Waals surface area (Å²) in [5.74, 6) is 0.540. The van der Waals surface area contributed by atoms with Crippen LogP contribution in [0.3, 0.4) is 0 Å². The molecule has 9 heteroatoms. The Hall–Kier alpha value is -2.52. The Morgan fingerprint density at radius 1 is 1.16 bits per heavy atom. The molecular formula is C23H26N4O3S2. The van der Waals surface area contributed by atoms with Gasteiger partial charge < -0.3 is 4.98 Å². The Labute approximate surface area is 193 Å². The van der Waals surface area contributed by atoms with E-state index in [-0.39, 0.29) is 23.8 Å². The molecule has 0 saturated carbocycles. The number of nitrogens with one attached hydrogen (secondary N) is 3. The van der Waals surface area contributed by atoms with Crippen molar-refractivity contribution in [2.75, 3.05) is 0 Å². The van der Waals surface area contributed by atoms with Gasteiger partial charge in [0.15, 0.2) is 0 Å². The van der Waals surface area contributed by atoms with E-state index in [9.17, 15) is 14.4 Å². The molecule has 32 heavy (non-hydrogen) atoms. The molecule has 0 radical (unpaired) electrons. The van der Waals surface area contributed by atoms with Crippen LogP contribution in [0.2, 0.25) is 0 Å². The van der Waals surface area contributed by atoms with Gasteiger partial charge >= 0.3 is 0 Å². The topological polar surface area (TPSA) is 104 Å². The molecule has 1 atom stereocenters. The average Bonchev–Trinajstić information content (AvgIpc) is 3.37. The maximum atomic E-state index is 12.6. The molecule has 3 aromatic rings. The van der Waals surface area contributed by atoms with Crippen LogP contribution in [-0.4, -0.2) is 21.8 Å². The lowest BCUT2D eigenvalue weighted by Gasteiger charge is -2.16. The number of aromatic amines is 1. The second-order valence-corrected chi connectivity index (χ2v) is 11.0. The molecule has 7 nitrogen and oxygen atoms in total. The summed E-state index contributed by atoms with van der Waals surface area (Å²) in [4.78, 5) is 48.7. The van der Waals surface area contributed by atoms with Gasteiger partial charge in [-0.15, -0.1) is 22.7 Å². The Morgan fingerprint density at radius 2 is 2.00 bits per heavy atom. The molecular weight excluding hydrogens is 444 g/mol. The summed E-state index contributed by atoms with van der Waals surface area (Å²) in [6.07, 6.45) is 7.83. The first kappa shape index (κ1) is 21.3. The van der Waals surface area contributed by atoms with Crippen LogP contribution in [0.15, 0.2) is 10.9 Å². The lowest BCUT2D eigenvalue weighted by Crippen LogP contribution is -2.41. The molecule has 3 aromatic heterocycles. The first-order valence-electron chi connectivity index (χ1n) is 11.2. The predicted molar refractivity (Wildman–Crippen MR) is 126 cm³/mol. The highest BCUT2D eigenvalue weighted by Gasteiger charge is 2.22. The van der Waals surface area contributed by atoms with Crippen molar-refractivity contribution >= 4 is 44.7 Å². The highest BCUT2D eigenvalue weighted by Crippen LogP contribution is 2.34. The van der Waals surface area contributed by atoms with Crippen molar-refractivity contribution in [3.05, 3.63) is 48.0 Å². The molecule has 0 fully saturated rings. The van der Waals surface area contributed by atoms with Gasteiger partial charge in [0.25, 0.3) is 11.5 Å². The van der Waals surface area contributed by atoms with Gasteiger partial charge in [0, 0.05) is 22.6 Å². The van der Waals surface area contributed by atoms with E-state index in [4.69, 9.17) is 0 Å². The first-order chi connectivity index (χ1) is 15.5. The lowest BCUT2D eigenvalue weighted by atomic mass is 9.90. The third-order valence-electron chi connectivity index (χ3n) is 6.33. The van der Waals surface area contributed by atoms with Gasteiger partial charge in [-0.3, -0.25) is 25.2 Å². The smallest absolute Gasteiger partial charge is 0.279 e. The van der Waals surface area contributed by atoms with E-state index < -0.39 is 0 Å². The number of aryl methyl sites for hydroxylation is 4. The molecule has 2 aliphatic carbocycles. The Morgan fingerprint density at radius 3 is 2.88 bits per heavy atom. The maximum absolute atomic E-state index is 12.6. The number of rotatable bonds is 4. The maximum Gasteiger partial charge on any atom is 0.279 e. The number of thiophene rings is 2. The third-order valence-corrected chi connectivity index (χ3v) is 8.75. The molecule has 2 aliphatic rings. The summed E-state index contributed by atoms with van der Waals surface area (Å²) >= 11 is 3.11. The van der Waals surface area contributed by atoms with Gasteiger partial charge in [-0.05, 0) is 68.1 Å². The Balaban J connectivity index is 1.18. The fraction of sp³-hybridized carbons (Fsp3) is 0.478. The van der Waals surface area contributed by atoms with E-state index in [1.165, 1.54) is 26.7 Å². The van der Waals surface area contributed by atoms with E-state index in [0.29, 0.717) is 23.0 Å². The molecule has 0 aromatic carbocycles. The molecule has 0 saturated heterocycles. The summed E-state index contributed by atoms with van der Waals surface area (Å²) in [6, 6.07) is 1.95. The fourth-order valence-corrected chi connectivity index (χ4v) is 7.01. The summed E-state index contributed by atoms with van der Waals surface area (Å²) in [6.45, 7) is 2.23. The van der Waals surface area contributed by atoms with Crippen LogP contribution in [0.4, 0.5) is 0 Å². The molecule has 1 unspecified atom stereocenters. The van der Waals surface area contributed by atoms with Crippen LogP contribution in [0, 0.1) is 5.92 Å². The van der Waals surface area contributed by atoms with Crippen LogP contribution < -0.4 is 16.4 Å². The zero-order valence-corrected chi connectivity index (χ0v) is 19.6. The standard InChI is InChI=1S/C23H26N4O3S2/c1-12-6-7-15-13(10-12)11-17(31-15)21(29)27-26-19(28)9-8-18-24-22(30)20-14-4-2-3-5-16(14)32-23(20)25-18/h11-12H,2-10H2,1H3,(H,26,28)(H,27,29)(H,24,25,30). The van der Waals surface area contributed by atoms with Crippen molar-refractivity contribution in [3.8, 4) is 0 Å². The molecule has 3 heterocycles. The summed E-state index contributed by atoms with van der Waals surface area (Å²) < 4.78 is 0. The Kier molecular flexibility index (Phi) is 5.86. The van der Waals surface area contributed by atoms with Crippen molar-refractivity contribution in [2.45, 2.75) is 64.7 Å². The van der Waals surface area contributed by atoms with E-state index in [1.807, 2.05) is 6.07 Å². The largest absolute Gasteiger partial charge is 0.310 e. The first-order valence-corrected chi connectivity index (χ1v) is 12.9. The van der Waals surface area contributed by atoms with E-state index in [1.54, 1.807) is 11.3 Å². The normalized spacial score (nSPS) is 17.6. The fourth-order valence-electron chi connectivity index (χ4n) is 4.63. The molecule has 5 rings (SSSR count). The van der Waals surface area contributed by atoms with Gasteiger partial charge in [-0.2, -0.15) is 0 Å². The third kappa shape index (κ3) is 4.23. The van der Waals surface area contributed by atoms with Crippen LogP contribution >= 0.6 is 22.7 Å². The van der Waals surface area contributed by atoms with E-state index >= 15 is 0 Å². The van der Waals surface area contributed by atoms with Crippen molar-refractivity contribution in [1.29, 1.82) is 0 Å². The molecule has 0 bridgehead atoms. The summed E-state index contributed by atoms with van der Waals surface area (Å²) in [5, 5.41) is 0.721. The van der Waals surface area contributed by atoms with Crippen molar-refractivity contribution in [1.82, 2.24) is 20.8 Å². The average molecular weight is 471 g/mol. The summed E-state index contributed by atoms with van der Waals surface area (Å²) in [5.41, 5.74) is 7.29. The number of H-pyrrole nitrogens is 1. The van der Waals surface area contributed by atoms with Crippen LogP contribution in [-0.2, 0) is 36.9 Å². The number of fused-ring (bicyclic) bond motifs is 4. The second-order valence-electron chi connectivity index (χ2n) is 8.81. The number of hydrazine groups is 1. The van der Waals surface area contributed by atoms with Crippen molar-refractivity contribution < 1.29 is 9.59 Å². The lowest BCUT2D eigenvalue weighted by molar-refractivity contribution is -0.121. The minimum absolute atomic E-state index is 0.117. The number of amides is 2. The van der Waals surface area contributed by atoms with Crippen LogP contribution in [0.25, 0.3) is 10.2 Å². The van der Waals surface area contributed by atoms with Gasteiger partial charge in [-0.1, -0.05) is 6.92 Å². The van der Waals surface area contributed by atoms with Gasteiger partial charge in [0.1, 0.15) is 10.7 Å². The highest BCUT2D eigenvalue weighted by atomic mass is 32.1. The van der Waals surface area contributed by atoms with Gasteiger partial charge in [0.05, 0.1) is 10.3 Å². The quantitative estimate of drug-likeness (QED) is 0.508. The molecule has 3 N–H and O–H groups in total. The number of carbonyl (C=O) groups is 2. The number of hydrogen-bond donors (Lipinski definition) is 3. The van der Waals surface area contributed by atoms with Crippen molar-refractivity contribution in [3.63, 3.8) is 0 Å². The van der Waals surface area contributed by atoms with E-state index in [0.717, 1.165) is 60.7 Å². The van der Waals surface area contributed by atoms with Gasteiger partial charge in [-0.25, -0.2) is 4.98 Å². The number of nitrogens with zero attached hydrogens (tertiary/aromatic N) is 1. The second kappa shape index (κ2) is 8.78. The van der Waals surface area contributed by atoms with Crippen molar-refractivity contribution in [2.24, 2.45) is 5.92 Å². The zero-order chi connectivity index (χ0) is 22.2. The zero-order valence-electron chi connectivity index (χ0n) is 18.0. The van der Waals surface area contributed by atoms with Crippen LogP contribution in [0.1, 0.15) is 69.0 Å². The van der Waals surface area contributed by atoms with Crippen LogP contribution in [0.5, 0.6) is 0 Å². The molecule has 168 valence electrons. The highest BCUT2D eigenvalue weighted by molar-refractivity contribution is 7.18. The Bertz CT molecular complexity index is 1260. The molecule has 0 spiro atoms. The minimum Gasteiger partial charge on any atom is -0.310 e. The van der Waals surface area contributed by atoms with Gasteiger partial charge in [0.2, 0.25) is 5.91 Å². The van der Waals surface area contributed by atoms with E-state index in [2.05, 4.69) is 27.7 Å². The number of carbonyl (C=O) groups excluding carboxylic acids is 2. The number of hydrogen-bond acceptors (Lipinski definition) is 6. The SMILES string of the molecule is CC1CCc2sc(C(=O)NNC(=O)CCc3nc4sc5c(c4c(=O)[nH]3)CCCC5)cc2C1. The monoisotopic (exact) mass is 470 g/mol. The summed E-state index contributed by atoms with van der Waals surface area (Å²) in [7, 11) is 0. The molecule has 0 aliphatic heterocycles. The number of aromatic nitrogens is 2. The molecule has 2 amide bonds.